The summed E-state index contributed by atoms with van der Waals surface area (Å²) in [6.45, 7) is 9.37. The van der Waals surface area contributed by atoms with Crippen molar-refractivity contribution in [2.45, 2.75) is 39.9 Å². The van der Waals surface area contributed by atoms with Gasteiger partial charge in [0.25, 0.3) is 0 Å². The minimum Gasteiger partial charge on any atom is -0.374 e. The lowest BCUT2D eigenvalue weighted by molar-refractivity contribution is -0.0592. The van der Waals surface area contributed by atoms with Gasteiger partial charge in [0.05, 0.1) is 23.7 Å². The molecular formula is C12H24O4S. The topological polar surface area (TPSA) is 52.6 Å². The third-order valence-corrected chi connectivity index (χ3v) is 4.21. The molecule has 0 radical (unpaired) electrons. The van der Waals surface area contributed by atoms with Gasteiger partial charge in [-0.1, -0.05) is 27.7 Å². The second-order valence-electron chi connectivity index (χ2n) is 5.61. The molecule has 0 spiro atoms. The Labute approximate surface area is 105 Å². The fourth-order valence-corrected chi connectivity index (χ4v) is 3.49. The largest absolute Gasteiger partial charge is 0.374 e. The van der Waals surface area contributed by atoms with E-state index in [1.54, 1.807) is 0 Å². The quantitative estimate of drug-likeness (QED) is 0.729. The van der Waals surface area contributed by atoms with Gasteiger partial charge in [0, 0.05) is 13.2 Å². The zero-order valence-electron chi connectivity index (χ0n) is 11.2. The van der Waals surface area contributed by atoms with Crippen molar-refractivity contribution in [2.75, 3.05) is 24.7 Å². The summed E-state index contributed by atoms with van der Waals surface area (Å²) in [5.74, 6) is 1.01. The molecule has 1 aliphatic heterocycles. The first-order chi connectivity index (χ1) is 7.80. The number of hydrogen-bond acceptors (Lipinski definition) is 4. The summed E-state index contributed by atoms with van der Waals surface area (Å²) in [7, 11) is -2.99. The summed E-state index contributed by atoms with van der Waals surface area (Å²) in [6.07, 6.45) is -0.581. The van der Waals surface area contributed by atoms with E-state index in [9.17, 15) is 8.42 Å². The molecule has 0 saturated carbocycles. The third-order valence-electron chi connectivity index (χ3n) is 2.54. The maximum Gasteiger partial charge on any atom is 0.155 e. The summed E-state index contributed by atoms with van der Waals surface area (Å²) in [6, 6.07) is 0. The molecule has 4 nitrogen and oxygen atoms in total. The van der Waals surface area contributed by atoms with Crippen LogP contribution in [0.5, 0.6) is 0 Å². The van der Waals surface area contributed by atoms with Crippen molar-refractivity contribution < 1.29 is 17.9 Å². The predicted octanol–water partition coefficient (Wildman–Crippen LogP) is 1.50. The van der Waals surface area contributed by atoms with E-state index in [2.05, 4.69) is 0 Å². The van der Waals surface area contributed by atoms with Gasteiger partial charge in [-0.2, -0.15) is 0 Å². The van der Waals surface area contributed by atoms with Crippen LogP contribution in [-0.4, -0.2) is 45.3 Å². The zero-order valence-corrected chi connectivity index (χ0v) is 12.0. The molecule has 2 atom stereocenters. The Balaban J connectivity index is 2.52. The van der Waals surface area contributed by atoms with Crippen LogP contribution in [0, 0.1) is 11.8 Å². The van der Waals surface area contributed by atoms with E-state index in [4.69, 9.17) is 9.47 Å². The Bertz CT molecular complexity index is 295. The first-order valence-corrected chi connectivity index (χ1v) is 8.06. The van der Waals surface area contributed by atoms with Crippen LogP contribution in [0.4, 0.5) is 0 Å². The fraction of sp³-hybridized carbons (Fsp3) is 1.00. The SMILES string of the molecule is CC(C)CO[C@@H]1CS(=O)(=O)C[C@H]1OCC(C)C. The molecule has 1 aliphatic rings. The van der Waals surface area contributed by atoms with Gasteiger partial charge in [-0.3, -0.25) is 0 Å². The van der Waals surface area contributed by atoms with Crippen LogP contribution in [0.15, 0.2) is 0 Å². The summed E-state index contributed by atoms with van der Waals surface area (Å²) in [4.78, 5) is 0. The Kier molecular flexibility index (Phi) is 5.41. The van der Waals surface area contributed by atoms with Gasteiger partial charge in [-0.25, -0.2) is 8.42 Å². The summed E-state index contributed by atoms with van der Waals surface area (Å²) < 4.78 is 34.4. The predicted molar refractivity (Wildman–Crippen MR) is 67.8 cm³/mol. The fourth-order valence-electron chi connectivity index (χ4n) is 1.73. The Morgan fingerprint density at radius 1 is 0.941 bits per heavy atom. The Hall–Kier alpha value is -0.130. The van der Waals surface area contributed by atoms with Crippen molar-refractivity contribution in [1.82, 2.24) is 0 Å². The molecule has 0 unspecified atom stereocenters. The van der Waals surface area contributed by atoms with Crippen molar-refractivity contribution in [3.63, 3.8) is 0 Å². The number of rotatable bonds is 6. The van der Waals surface area contributed by atoms with Gasteiger partial charge in [-0.05, 0) is 11.8 Å². The number of ether oxygens (including phenoxy) is 2. The van der Waals surface area contributed by atoms with Crippen LogP contribution in [0.1, 0.15) is 27.7 Å². The molecule has 0 bridgehead atoms. The lowest BCUT2D eigenvalue weighted by atomic mass is 10.2. The summed E-state index contributed by atoms with van der Waals surface area (Å²) >= 11 is 0. The molecule has 1 fully saturated rings. The smallest absolute Gasteiger partial charge is 0.155 e. The average Bonchev–Trinajstić information content (AvgIpc) is 2.47. The standard InChI is InChI=1S/C12H24O4S/c1-9(2)5-15-11-7-17(13,14)8-12(11)16-6-10(3)4/h9-12H,5-8H2,1-4H3/t11-,12-/m1/s1. The summed E-state index contributed by atoms with van der Waals surface area (Å²) in [5.41, 5.74) is 0. The van der Waals surface area contributed by atoms with Gasteiger partial charge in [0.2, 0.25) is 0 Å². The van der Waals surface area contributed by atoms with E-state index in [1.165, 1.54) is 0 Å². The first kappa shape index (κ1) is 14.9. The molecular weight excluding hydrogens is 240 g/mol. The van der Waals surface area contributed by atoms with E-state index < -0.39 is 9.84 Å². The van der Waals surface area contributed by atoms with Gasteiger partial charge in [0.1, 0.15) is 0 Å². The molecule has 5 heteroatoms. The van der Waals surface area contributed by atoms with Gasteiger partial charge in [-0.15, -0.1) is 0 Å². The molecule has 0 aliphatic carbocycles. The highest BCUT2D eigenvalue weighted by Gasteiger charge is 2.39. The Morgan fingerprint density at radius 2 is 1.29 bits per heavy atom. The molecule has 1 heterocycles. The second-order valence-corrected chi connectivity index (χ2v) is 7.76. The molecule has 0 aromatic carbocycles. The van der Waals surface area contributed by atoms with E-state index in [0.717, 1.165) is 0 Å². The summed E-state index contributed by atoms with van der Waals surface area (Å²) in [5, 5.41) is 0. The van der Waals surface area contributed by atoms with E-state index >= 15 is 0 Å². The zero-order chi connectivity index (χ0) is 13.1. The first-order valence-electron chi connectivity index (χ1n) is 6.24. The molecule has 17 heavy (non-hydrogen) atoms. The monoisotopic (exact) mass is 264 g/mol. The normalized spacial score (nSPS) is 28.1. The van der Waals surface area contributed by atoms with Gasteiger partial charge in [0.15, 0.2) is 9.84 Å². The number of sulfone groups is 1. The van der Waals surface area contributed by atoms with Crippen LogP contribution in [-0.2, 0) is 19.3 Å². The van der Waals surface area contributed by atoms with E-state index in [0.29, 0.717) is 25.0 Å². The molecule has 0 aromatic rings. The Morgan fingerprint density at radius 3 is 1.59 bits per heavy atom. The van der Waals surface area contributed by atoms with E-state index in [1.807, 2.05) is 27.7 Å². The third kappa shape index (κ3) is 5.36. The molecule has 0 amide bonds. The highest BCUT2D eigenvalue weighted by atomic mass is 32.2. The van der Waals surface area contributed by atoms with Crippen LogP contribution in [0.2, 0.25) is 0 Å². The average molecular weight is 264 g/mol. The van der Waals surface area contributed by atoms with Crippen LogP contribution >= 0.6 is 0 Å². The minimum absolute atomic E-state index is 0.0997. The van der Waals surface area contributed by atoms with Crippen molar-refractivity contribution >= 4 is 9.84 Å². The maximum atomic E-state index is 11.6. The lowest BCUT2D eigenvalue weighted by Crippen LogP contribution is -2.32. The molecule has 1 saturated heterocycles. The van der Waals surface area contributed by atoms with Crippen molar-refractivity contribution in [1.29, 1.82) is 0 Å². The van der Waals surface area contributed by atoms with Gasteiger partial charge < -0.3 is 9.47 Å². The van der Waals surface area contributed by atoms with Crippen molar-refractivity contribution in [3.8, 4) is 0 Å². The van der Waals surface area contributed by atoms with Crippen LogP contribution in [0.25, 0.3) is 0 Å². The lowest BCUT2D eigenvalue weighted by Gasteiger charge is -2.21. The molecule has 102 valence electrons. The highest BCUT2D eigenvalue weighted by Crippen LogP contribution is 2.20. The van der Waals surface area contributed by atoms with E-state index in [-0.39, 0.29) is 23.7 Å². The molecule has 0 aromatic heterocycles. The second kappa shape index (κ2) is 6.16. The highest BCUT2D eigenvalue weighted by molar-refractivity contribution is 7.91. The molecule has 0 N–H and O–H groups in total. The number of hydrogen-bond donors (Lipinski definition) is 0. The van der Waals surface area contributed by atoms with Crippen molar-refractivity contribution in [2.24, 2.45) is 11.8 Å². The minimum atomic E-state index is -2.99. The van der Waals surface area contributed by atoms with Crippen LogP contribution in [0.3, 0.4) is 0 Å². The maximum absolute atomic E-state index is 11.6. The van der Waals surface area contributed by atoms with Crippen molar-refractivity contribution in [3.05, 3.63) is 0 Å². The van der Waals surface area contributed by atoms with Crippen LogP contribution < -0.4 is 0 Å². The molecule has 1 rings (SSSR count). The van der Waals surface area contributed by atoms with Gasteiger partial charge >= 0.3 is 0 Å².